The lowest BCUT2D eigenvalue weighted by atomic mass is 10.1. The molecule has 0 fully saturated rings. The second-order valence-electron chi connectivity index (χ2n) is 7.03. The summed E-state index contributed by atoms with van der Waals surface area (Å²) in [5.41, 5.74) is 3.59. The van der Waals surface area contributed by atoms with Gasteiger partial charge in [-0.3, -0.25) is 0 Å². The predicted octanol–water partition coefficient (Wildman–Crippen LogP) is 4.25. The number of hydrogen-bond donors (Lipinski definition) is 1. The van der Waals surface area contributed by atoms with Crippen LogP contribution in [-0.4, -0.2) is 43.5 Å². The lowest BCUT2D eigenvalue weighted by Gasteiger charge is -2.23. The van der Waals surface area contributed by atoms with Gasteiger partial charge in [-0.2, -0.15) is 12.6 Å². The topological polar surface area (TPSA) is 6.48 Å². The minimum atomic E-state index is -0.406. The maximum atomic E-state index is 4.65. The van der Waals surface area contributed by atoms with Gasteiger partial charge in [0.15, 0.2) is 0 Å². The van der Waals surface area contributed by atoms with E-state index >= 15 is 0 Å². The Labute approximate surface area is 160 Å². The van der Waals surface area contributed by atoms with Crippen molar-refractivity contribution in [2.24, 2.45) is 0 Å². The molecule has 0 bridgehead atoms. The van der Waals surface area contributed by atoms with Gasteiger partial charge in [-0.1, -0.05) is 48.5 Å². The molecule has 0 saturated carbocycles. The molecule has 2 aromatic carbocycles. The molecule has 0 aliphatic heterocycles. The highest BCUT2D eigenvalue weighted by molar-refractivity contribution is 7.93. The summed E-state index contributed by atoms with van der Waals surface area (Å²) in [6.45, 7) is 4.47. The van der Waals surface area contributed by atoms with E-state index in [-0.39, 0.29) is 0 Å². The van der Waals surface area contributed by atoms with Crippen molar-refractivity contribution >= 4 is 31.2 Å². The first kappa shape index (κ1) is 20.5. The highest BCUT2D eigenvalue weighted by Crippen LogP contribution is 2.35. The molecule has 0 spiro atoms. The van der Waals surface area contributed by atoms with E-state index in [1.807, 2.05) is 0 Å². The fourth-order valence-electron chi connectivity index (χ4n) is 2.77. The normalized spacial score (nSPS) is 15.4. The predicted molar refractivity (Wildman–Crippen MR) is 117 cm³/mol. The Hall–Kier alpha value is -0.860. The molecule has 0 radical (unpaired) electrons. The van der Waals surface area contributed by atoms with Crippen molar-refractivity contribution in [2.45, 2.75) is 25.9 Å². The van der Waals surface area contributed by atoms with Crippen LogP contribution >= 0.6 is 20.6 Å². The molecule has 0 N–H and O–H groups in total. The van der Waals surface area contributed by atoms with Crippen LogP contribution in [0.25, 0.3) is 0 Å². The third-order valence-electron chi connectivity index (χ3n) is 5.06. The molecule has 2 nitrogen and oxygen atoms in total. The molecule has 2 aromatic rings. The summed E-state index contributed by atoms with van der Waals surface area (Å²) in [5, 5.41) is 2.79. The summed E-state index contributed by atoms with van der Waals surface area (Å²) in [5.74, 6) is 0. The third kappa shape index (κ3) is 5.08. The van der Waals surface area contributed by atoms with Crippen molar-refractivity contribution in [3.05, 3.63) is 59.7 Å². The van der Waals surface area contributed by atoms with Gasteiger partial charge in [0, 0.05) is 17.6 Å². The van der Waals surface area contributed by atoms with Crippen LogP contribution in [0.2, 0.25) is 0 Å². The summed E-state index contributed by atoms with van der Waals surface area (Å²) in [6.07, 6.45) is 0. The monoisotopic (exact) mass is 374 g/mol. The second-order valence-corrected chi connectivity index (χ2v) is 10.1. The van der Waals surface area contributed by atoms with E-state index in [1.54, 1.807) is 0 Å². The van der Waals surface area contributed by atoms with Crippen LogP contribution in [0.3, 0.4) is 0 Å². The van der Waals surface area contributed by atoms with Gasteiger partial charge in [-0.05, 0) is 71.7 Å². The minimum absolute atomic E-state index is 0.406. The first-order valence-electron chi connectivity index (χ1n) is 8.76. The summed E-state index contributed by atoms with van der Waals surface area (Å²) in [4.78, 5) is 4.47. The quantitative estimate of drug-likeness (QED) is 0.572. The molecule has 0 aliphatic carbocycles. The second kappa shape index (κ2) is 9.19. The Bertz CT molecular complexity index is 595. The van der Waals surface area contributed by atoms with Crippen LogP contribution in [0.5, 0.6) is 0 Å². The standard InChI is InChI=1S/C21H31N2PS/c1-16(22(3)4)18-7-11-20(12-8-18)24(15-25)21-13-9-19(10-14-21)17(2)23(5)6/h7-14,16-17,25H,15H2,1-6H3. The van der Waals surface area contributed by atoms with E-state index in [4.69, 9.17) is 0 Å². The molecule has 0 aliphatic rings. The third-order valence-corrected chi connectivity index (χ3v) is 8.04. The van der Waals surface area contributed by atoms with Crippen molar-refractivity contribution in [2.75, 3.05) is 33.7 Å². The van der Waals surface area contributed by atoms with E-state index in [1.165, 1.54) is 21.7 Å². The number of benzene rings is 2. The van der Waals surface area contributed by atoms with Gasteiger partial charge in [-0.25, -0.2) is 0 Å². The molecule has 2 unspecified atom stereocenters. The van der Waals surface area contributed by atoms with Crippen molar-refractivity contribution in [1.29, 1.82) is 0 Å². The molecular weight excluding hydrogens is 343 g/mol. The average Bonchev–Trinajstić information content (AvgIpc) is 2.62. The molecule has 0 heterocycles. The number of nitrogens with zero attached hydrogens (tertiary/aromatic N) is 2. The van der Waals surface area contributed by atoms with Crippen LogP contribution in [-0.2, 0) is 0 Å². The van der Waals surface area contributed by atoms with Gasteiger partial charge in [0.1, 0.15) is 0 Å². The molecule has 25 heavy (non-hydrogen) atoms. The molecular formula is C21H31N2PS. The zero-order chi connectivity index (χ0) is 18.6. The molecule has 0 aromatic heterocycles. The zero-order valence-electron chi connectivity index (χ0n) is 16.3. The van der Waals surface area contributed by atoms with Crippen LogP contribution < -0.4 is 10.6 Å². The molecule has 2 rings (SSSR count). The van der Waals surface area contributed by atoms with Gasteiger partial charge in [0.2, 0.25) is 0 Å². The first-order valence-corrected chi connectivity index (χ1v) is 10.9. The van der Waals surface area contributed by atoms with Gasteiger partial charge in [-0.15, -0.1) is 0 Å². The van der Waals surface area contributed by atoms with Crippen LogP contribution in [0.1, 0.15) is 37.1 Å². The van der Waals surface area contributed by atoms with E-state index < -0.39 is 7.92 Å². The van der Waals surface area contributed by atoms with Crippen LogP contribution in [0.15, 0.2) is 48.5 Å². The summed E-state index contributed by atoms with van der Waals surface area (Å²) >= 11 is 4.65. The lowest BCUT2D eigenvalue weighted by molar-refractivity contribution is 0.321. The van der Waals surface area contributed by atoms with Gasteiger partial charge >= 0.3 is 0 Å². The molecule has 136 valence electrons. The average molecular weight is 375 g/mol. The molecule has 4 heteroatoms. The minimum Gasteiger partial charge on any atom is -0.303 e. The Morgan fingerprint density at radius 3 is 1.28 bits per heavy atom. The smallest absolute Gasteiger partial charge is 0.0313 e. The van der Waals surface area contributed by atoms with Crippen molar-refractivity contribution in [1.82, 2.24) is 9.80 Å². The number of rotatable bonds is 7. The largest absolute Gasteiger partial charge is 0.303 e. The fraction of sp³-hybridized carbons (Fsp3) is 0.429. The molecule has 0 amide bonds. The van der Waals surface area contributed by atoms with Crippen molar-refractivity contribution in [3.8, 4) is 0 Å². The van der Waals surface area contributed by atoms with Gasteiger partial charge in [0.25, 0.3) is 0 Å². The Morgan fingerprint density at radius 1 is 0.720 bits per heavy atom. The summed E-state index contributed by atoms with van der Waals surface area (Å²) < 4.78 is 0. The molecule has 2 atom stereocenters. The Kier molecular flexibility index (Phi) is 7.51. The van der Waals surface area contributed by atoms with Gasteiger partial charge < -0.3 is 9.80 Å². The van der Waals surface area contributed by atoms with E-state index in [0.29, 0.717) is 12.1 Å². The van der Waals surface area contributed by atoms with E-state index in [2.05, 4.69) is 113 Å². The Morgan fingerprint density at radius 2 is 1.04 bits per heavy atom. The zero-order valence-corrected chi connectivity index (χ0v) is 18.1. The summed E-state index contributed by atoms with van der Waals surface area (Å²) in [6, 6.07) is 19.1. The Balaban J connectivity index is 2.22. The highest BCUT2D eigenvalue weighted by Gasteiger charge is 2.15. The maximum absolute atomic E-state index is 4.65. The van der Waals surface area contributed by atoms with E-state index in [9.17, 15) is 0 Å². The summed E-state index contributed by atoms with van der Waals surface area (Å²) in [7, 11) is 8.08. The van der Waals surface area contributed by atoms with Crippen LogP contribution in [0, 0.1) is 0 Å². The number of thiol groups is 1. The van der Waals surface area contributed by atoms with Crippen molar-refractivity contribution in [3.63, 3.8) is 0 Å². The fourth-order valence-corrected chi connectivity index (χ4v) is 5.40. The van der Waals surface area contributed by atoms with Gasteiger partial charge in [0.05, 0.1) is 0 Å². The first-order chi connectivity index (χ1) is 11.8. The highest BCUT2D eigenvalue weighted by atomic mass is 32.1. The van der Waals surface area contributed by atoms with E-state index in [0.717, 1.165) is 5.49 Å². The SMILES string of the molecule is CC(c1ccc(P(CS)c2ccc(C(C)N(C)C)cc2)cc1)N(C)C. The van der Waals surface area contributed by atoms with Crippen molar-refractivity contribution < 1.29 is 0 Å². The van der Waals surface area contributed by atoms with Crippen LogP contribution in [0.4, 0.5) is 0 Å². The maximum Gasteiger partial charge on any atom is 0.0313 e. The molecule has 0 saturated heterocycles. The number of hydrogen-bond acceptors (Lipinski definition) is 3. The lowest BCUT2D eigenvalue weighted by Crippen LogP contribution is -2.19.